The minimum Gasteiger partial charge on any atom is -0.872 e. The molecule has 2 aromatic carbocycles. The molecule has 0 amide bonds. The fourth-order valence-corrected chi connectivity index (χ4v) is 2.72. The van der Waals surface area contributed by atoms with Crippen molar-refractivity contribution in [3.05, 3.63) is 58.7 Å². The predicted octanol–water partition coefficient (Wildman–Crippen LogP) is 3.82. The molecule has 2 rings (SSSR count). The Balaban J connectivity index is 0.000000523. The Hall–Kier alpha value is -2.50. The molecule has 0 bridgehead atoms. The third kappa shape index (κ3) is 8.18. The van der Waals surface area contributed by atoms with Gasteiger partial charge in [0.15, 0.2) is 0 Å². The normalized spacial score (nSPS) is 11.3. The summed E-state index contributed by atoms with van der Waals surface area (Å²) in [5.74, 6) is -0.194. The summed E-state index contributed by atoms with van der Waals surface area (Å²) in [6.07, 6.45) is 3.94. The predicted molar refractivity (Wildman–Crippen MR) is 108 cm³/mol. The average molecular weight is 448 g/mol. The summed E-state index contributed by atoms with van der Waals surface area (Å²) in [5.41, 5.74) is 3.91. The average Bonchev–Trinajstić information content (AvgIpc) is 2.70. The van der Waals surface area contributed by atoms with Crippen molar-refractivity contribution < 1.29 is 37.7 Å². The molecule has 0 saturated carbocycles. The number of benzene rings is 2. The van der Waals surface area contributed by atoms with E-state index >= 15 is 0 Å². The standard InChI is InChI=1S/2C11H15NO2.Cu/c2*1-3-4-9-5-6-11(13)10(7-9)8(2)12-14;/h2*5-7,13-14H,3-4H2,1-2H3;/q;;+2/p-2/b2*12-8+;. The number of rotatable bonds is 6. The maximum Gasteiger partial charge on any atom is 2.00 e. The van der Waals surface area contributed by atoms with Crippen molar-refractivity contribution in [1.82, 2.24) is 0 Å². The SMILES string of the molecule is CCCc1ccc([O-])c(/C(C)=N/O)c1.CCCc1ccc([O-])c(/C(C)=N/O)c1.[Cu+2]. The molecule has 0 aromatic heterocycles. The van der Waals surface area contributed by atoms with Gasteiger partial charge < -0.3 is 20.6 Å². The summed E-state index contributed by atoms with van der Waals surface area (Å²) in [4.78, 5) is 0. The molecule has 0 aliphatic rings. The van der Waals surface area contributed by atoms with Gasteiger partial charge in [-0.15, -0.1) is 0 Å². The molecule has 161 valence electrons. The molecule has 0 spiro atoms. The van der Waals surface area contributed by atoms with Crippen LogP contribution in [0.3, 0.4) is 0 Å². The Kier molecular flexibility index (Phi) is 12.5. The molecule has 1 radical (unpaired) electrons. The first-order valence-electron chi connectivity index (χ1n) is 9.35. The number of oxime groups is 2. The third-order valence-electron chi connectivity index (χ3n) is 4.24. The van der Waals surface area contributed by atoms with Crippen molar-refractivity contribution in [2.24, 2.45) is 10.3 Å². The largest absolute Gasteiger partial charge is 2.00 e. The van der Waals surface area contributed by atoms with Crippen LogP contribution in [0.4, 0.5) is 0 Å². The zero-order chi connectivity index (χ0) is 21.1. The molecule has 0 fully saturated rings. The van der Waals surface area contributed by atoms with E-state index in [4.69, 9.17) is 10.4 Å². The Morgan fingerprint density at radius 1 is 0.759 bits per heavy atom. The van der Waals surface area contributed by atoms with Gasteiger partial charge in [-0.3, -0.25) is 0 Å². The summed E-state index contributed by atoms with van der Waals surface area (Å²) >= 11 is 0. The van der Waals surface area contributed by atoms with Crippen LogP contribution in [0.25, 0.3) is 0 Å². The van der Waals surface area contributed by atoms with Crippen molar-refractivity contribution in [2.45, 2.75) is 53.4 Å². The van der Waals surface area contributed by atoms with Crippen LogP contribution in [0.5, 0.6) is 11.5 Å². The van der Waals surface area contributed by atoms with Crippen LogP contribution in [0.2, 0.25) is 0 Å². The van der Waals surface area contributed by atoms with Gasteiger partial charge >= 0.3 is 17.1 Å². The first kappa shape index (κ1) is 26.5. The van der Waals surface area contributed by atoms with Crippen LogP contribution < -0.4 is 10.2 Å². The van der Waals surface area contributed by atoms with E-state index < -0.39 is 0 Å². The summed E-state index contributed by atoms with van der Waals surface area (Å²) in [6, 6.07) is 10.3. The molecule has 7 heteroatoms. The van der Waals surface area contributed by atoms with Crippen LogP contribution in [-0.4, -0.2) is 21.8 Å². The van der Waals surface area contributed by atoms with E-state index in [1.54, 1.807) is 26.0 Å². The molecule has 0 saturated heterocycles. The minimum absolute atomic E-state index is 0. The molecule has 2 aromatic rings. The van der Waals surface area contributed by atoms with E-state index in [0.29, 0.717) is 22.6 Å². The van der Waals surface area contributed by atoms with Gasteiger partial charge in [0.05, 0.1) is 11.4 Å². The van der Waals surface area contributed by atoms with Gasteiger partial charge in [0.25, 0.3) is 0 Å². The number of hydrogen-bond donors (Lipinski definition) is 2. The van der Waals surface area contributed by atoms with Crippen molar-refractivity contribution in [3.63, 3.8) is 0 Å². The smallest absolute Gasteiger partial charge is 0.872 e. The first-order chi connectivity index (χ1) is 13.4. The quantitative estimate of drug-likeness (QED) is 0.303. The van der Waals surface area contributed by atoms with E-state index in [9.17, 15) is 10.2 Å². The molecule has 29 heavy (non-hydrogen) atoms. The Morgan fingerprint density at radius 3 is 1.38 bits per heavy atom. The van der Waals surface area contributed by atoms with E-state index in [2.05, 4.69) is 24.2 Å². The summed E-state index contributed by atoms with van der Waals surface area (Å²) in [7, 11) is 0. The van der Waals surface area contributed by atoms with Crippen molar-refractivity contribution >= 4 is 11.4 Å². The fraction of sp³-hybridized carbons (Fsp3) is 0.364. The summed E-state index contributed by atoms with van der Waals surface area (Å²) in [6.45, 7) is 7.40. The van der Waals surface area contributed by atoms with Crippen molar-refractivity contribution in [1.29, 1.82) is 0 Å². The van der Waals surface area contributed by atoms with Gasteiger partial charge in [0, 0.05) is 0 Å². The molecule has 0 aliphatic carbocycles. The fourth-order valence-electron chi connectivity index (χ4n) is 2.72. The van der Waals surface area contributed by atoms with Gasteiger partial charge in [0.1, 0.15) is 0 Å². The molecule has 0 heterocycles. The molecule has 0 atom stereocenters. The van der Waals surface area contributed by atoms with Crippen LogP contribution in [0, 0.1) is 0 Å². The second-order valence-corrected chi connectivity index (χ2v) is 6.53. The number of aryl methyl sites for hydroxylation is 2. The molecule has 0 aliphatic heterocycles. The number of hydrogen-bond acceptors (Lipinski definition) is 6. The number of nitrogens with zero attached hydrogens (tertiary/aromatic N) is 2. The van der Waals surface area contributed by atoms with E-state index in [-0.39, 0.29) is 28.6 Å². The van der Waals surface area contributed by atoms with Gasteiger partial charge in [-0.05, 0) is 48.9 Å². The minimum atomic E-state index is -0.0971. The molecule has 2 N–H and O–H groups in total. The zero-order valence-corrected chi connectivity index (χ0v) is 18.1. The van der Waals surface area contributed by atoms with Gasteiger partial charge in [-0.2, -0.15) is 0 Å². The Labute approximate surface area is 183 Å². The van der Waals surface area contributed by atoms with Crippen LogP contribution in [0.1, 0.15) is 62.8 Å². The Bertz CT molecular complexity index is 766. The first-order valence-corrected chi connectivity index (χ1v) is 9.35. The van der Waals surface area contributed by atoms with Crippen molar-refractivity contribution in [3.8, 4) is 11.5 Å². The van der Waals surface area contributed by atoms with E-state index in [1.165, 1.54) is 12.1 Å². The monoisotopic (exact) mass is 447 g/mol. The van der Waals surface area contributed by atoms with Gasteiger partial charge in [0.2, 0.25) is 0 Å². The van der Waals surface area contributed by atoms with Crippen LogP contribution in [0.15, 0.2) is 46.7 Å². The van der Waals surface area contributed by atoms with Gasteiger partial charge in [-0.1, -0.05) is 84.9 Å². The molecular weight excluding hydrogens is 420 g/mol. The maximum atomic E-state index is 11.4. The van der Waals surface area contributed by atoms with Gasteiger partial charge in [-0.25, -0.2) is 0 Å². The van der Waals surface area contributed by atoms with Crippen LogP contribution in [-0.2, 0) is 29.9 Å². The summed E-state index contributed by atoms with van der Waals surface area (Å²) < 4.78 is 0. The second kappa shape index (κ2) is 13.6. The zero-order valence-electron chi connectivity index (χ0n) is 17.2. The summed E-state index contributed by atoms with van der Waals surface area (Å²) in [5, 5.41) is 46.0. The maximum absolute atomic E-state index is 11.4. The third-order valence-corrected chi connectivity index (χ3v) is 4.24. The van der Waals surface area contributed by atoms with Crippen molar-refractivity contribution in [2.75, 3.05) is 0 Å². The molecule has 0 unspecified atom stereocenters. The van der Waals surface area contributed by atoms with E-state index in [0.717, 1.165) is 36.8 Å². The molecular formula is C22H28CuN2O4. The van der Waals surface area contributed by atoms with E-state index in [1.807, 2.05) is 12.1 Å². The van der Waals surface area contributed by atoms with Crippen LogP contribution >= 0.6 is 0 Å². The Morgan fingerprint density at radius 2 is 1.10 bits per heavy atom. The second-order valence-electron chi connectivity index (χ2n) is 6.53. The molecule has 6 nitrogen and oxygen atoms in total. The topological polar surface area (TPSA) is 111 Å².